The van der Waals surface area contributed by atoms with Crippen molar-refractivity contribution in [1.82, 2.24) is 35.8 Å². The molecule has 7 amide bonds. The molecule has 62 heavy (non-hydrogen) atoms. The highest BCUT2D eigenvalue weighted by molar-refractivity contribution is 8.00. The molecule has 0 spiro atoms. The molecule has 348 valence electrons. The van der Waals surface area contributed by atoms with Gasteiger partial charge in [0.25, 0.3) is 0 Å². The molecule has 4 heterocycles. The van der Waals surface area contributed by atoms with Gasteiger partial charge in [0.05, 0.1) is 63.1 Å². The number of rotatable bonds is 22. The molecule has 4 aliphatic heterocycles. The summed E-state index contributed by atoms with van der Waals surface area (Å²) in [6.07, 6.45) is 10.9. The van der Waals surface area contributed by atoms with Gasteiger partial charge in [0, 0.05) is 44.3 Å². The molecule has 5 N–H and O–H groups in total. The number of carbonyl (C=O) groups is 7. The Morgan fingerprint density at radius 2 is 1.65 bits per heavy atom. The van der Waals surface area contributed by atoms with E-state index in [0.717, 1.165) is 16.9 Å². The summed E-state index contributed by atoms with van der Waals surface area (Å²) < 4.78 is 42.5. The number of fused-ring (bicyclic) bond motifs is 1. The zero-order valence-electron chi connectivity index (χ0n) is 35.8. The zero-order chi connectivity index (χ0) is 44.2. The van der Waals surface area contributed by atoms with Gasteiger partial charge < -0.3 is 30.2 Å². The Balaban J connectivity index is 0.828. The molecule has 19 nitrogen and oxygen atoms in total. The third kappa shape index (κ3) is 13.2. The minimum atomic E-state index is -3.42. The lowest BCUT2D eigenvalue weighted by Gasteiger charge is -2.30. The molecule has 0 radical (unpaired) electrons. The van der Waals surface area contributed by atoms with Gasteiger partial charge >= 0.3 is 0 Å². The molecular formula is C41H65N7O12S2. The van der Waals surface area contributed by atoms with Crippen LogP contribution in [0.1, 0.15) is 96.3 Å². The Hall–Kier alpha value is -3.21. The first-order chi connectivity index (χ1) is 29.8. The molecular weight excluding hydrogens is 847 g/mol. The van der Waals surface area contributed by atoms with Crippen LogP contribution < -0.4 is 26.6 Å². The van der Waals surface area contributed by atoms with E-state index in [-0.39, 0.29) is 94.5 Å². The summed E-state index contributed by atoms with van der Waals surface area (Å²) >= 11 is 1.66. The number of imide groups is 2. The summed E-state index contributed by atoms with van der Waals surface area (Å²) in [6, 6.07) is -1.43. The normalized spacial score (nSPS) is 29.0. The maximum Gasteiger partial charge on any atom is 0.249 e. The lowest BCUT2D eigenvalue weighted by Crippen LogP contribution is -2.54. The molecule has 0 aromatic heterocycles. The molecule has 4 saturated heterocycles. The molecule has 0 bridgehead atoms. The van der Waals surface area contributed by atoms with Crippen molar-refractivity contribution < 1.29 is 56.2 Å². The summed E-state index contributed by atoms with van der Waals surface area (Å²) in [7, 11) is -3.42. The molecule has 21 heteroatoms. The van der Waals surface area contributed by atoms with Crippen LogP contribution in [-0.2, 0) is 57.8 Å². The van der Waals surface area contributed by atoms with Crippen LogP contribution in [0, 0.1) is 23.7 Å². The van der Waals surface area contributed by atoms with Gasteiger partial charge in [-0.05, 0) is 63.7 Å². The number of carbonyl (C=O) groups excluding carboxylic acids is 7. The number of ether oxygens (including phenoxy) is 3. The minimum Gasteiger partial charge on any atom is -0.379 e. The number of unbranched alkanes of at least 4 members (excludes halogenated alkanes) is 1. The van der Waals surface area contributed by atoms with E-state index in [9.17, 15) is 42.0 Å². The highest BCUT2D eigenvalue weighted by Crippen LogP contribution is 2.41. The minimum absolute atomic E-state index is 0.0740. The van der Waals surface area contributed by atoms with Crippen molar-refractivity contribution in [3.63, 3.8) is 0 Å². The van der Waals surface area contributed by atoms with Crippen LogP contribution in [-0.4, -0.2) is 153 Å². The van der Waals surface area contributed by atoms with Crippen molar-refractivity contribution in [2.45, 2.75) is 126 Å². The maximum absolute atomic E-state index is 13.5. The molecule has 8 atom stereocenters. The molecule has 7 unspecified atom stereocenters. The number of likely N-dealkylation sites (tertiary alicyclic amines) is 1. The number of sulfonamides is 1. The molecule has 6 fully saturated rings. The van der Waals surface area contributed by atoms with E-state index >= 15 is 0 Å². The van der Waals surface area contributed by atoms with Gasteiger partial charge in [-0.25, -0.2) is 12.7 Å². The standard InChI is InChI=1S/C41H65N7O12S2/c1-62(56,57)47-18-15-27(24-47)36(51)43-29(37(52)46-41-44-30(25-61-41)26-8-3-2-4-9-26)11-5-6-17-42-33(49)16-19-58-20-21-59-22-23-60-32-12-7-10-28-35(32)40(55)48(39(28)54)31-13-14-34(50)45-38(31)53/h26-32,35,41,44H,2-25H2,1H3,(H,42,49)(H,43,51)(H,46,52)(H,45,50,53)/t27?,28?,29-,30?,31?,32?,35?,41?/m0/s1. The number of hydrogen-bond acceptors (Lipinski definition) is 14. The van der Waals surface area contributed by atoms with Crippen molar-refractivity contribution in [2.75, 3.05) is 64.7 Å². The van der Waals surface area contributed by atoms with Gasteiger partial charge in [-0.15, -0.1) is 11.8 Å². The number of thioether (sulfide) groups is 1. The number of amides is 7. The predicted molar refractivity (Wildman–Crippen MR) is 226 cm³/mol. The van der Waals surface area contributed by atoms with E-state index < -0.39 is 63.7 Å². The van der Waals surface area contributed by atoms with E-state index in [1.807, 2.05) is 0 Å². The Labute approximate surface area is 368 Å². The van der Waals surface area contributed by atoms with Crippen molar-refractivity contribution in [3.8, 4) is 0 Å². The van der Waals surface area contributed by atoms with E-state index in [4.69, 9.17) is 14.2 Å². The largest absolute Gasteiger partial charge is 0.379 e. The van der Waals surface area contributed by atoms with Crippen molar-refractivity contribution in [2.24, 2.45) is 23.7 Å². The molecule has 2 saturated carbocycles. The van der Waals surface area contributed by atoms with Crippen LogP contribution in [0.25, 0.3) is 0 Å². The van der Waals surface area contributed by atoms with Gasteiger partial charge in [-0.2, -0.15) is 0 Å². The van der Waals surface area contributed by atoms with E-state index in [0.29, 0.717) is 63.5 Å². The molecule has 0 aromatic carbocycles. The van der Waals surface area contributed by atoms with Crippen LogP contribution in [0.15, 0.2) is 0 Å². The third-order valence-corrected chi connectivity index (χ3v) is 15.4. The third-order valence-electron chi connectivity index (χ3n) is 13.0. The van der Waals surface area contributed by atoms with Crippen LogP contribution in [0.5, 0.6) is 0 Å². The van der Waals surface area contributed by atoms with Crippen LogP contribution in [0.3, 0.4) is 0 Å². The van der Waals surface area contributed by atoms with E-state index in [1.165, 1.54) is 36.4 Å². The van der Waals surface area contributed by atoms with Gasteiger partial charge in [-0.1, -0.05) is 25.7 Å². The summed E-state index contributed by atoms with van der Waals surface area (Å²) in [5.74, 6) is -2.85. The Morgan fingerprint density at radius 1 is 0.887 bits per heavy atom. The zero-order valence-corrected chi connectivity index (χ0v) is 37.4. The number of nitrogens with one attached hydrogen (secondary N) is 5. The fourth-order valence-electron chi connectivity index (χ4n) is 9.59. The highest BCUT2D eigenvalue weighted by atomic mass is 32.2. The monoisotopic (exact) mass is 911 g/mol. The molecule has 0 aromatic rings. The van der Waals surface area contributed by atoms with Crippen molar-refractivity contribution in [3.05, 3.63) is 0 Å². The number of nitrogens with zero attached hydrogens (tertiary/aromatic N) is 2. The SMILES string of the molecule is CS(=O)(=O)N1CCC(C(=O)N[C@@H](CCCCNC(=O)CCOCCOCCOC2CCCC3C(=O)N(C4CCC(=O)NC4=O)C(=O)C23)C(=O)NC2NC(C3CCCCC3)CS2)C1. The lowest BCUT2D eigenvalue weighted by atomic mass is 9.79. The fraction of sp³-hybridized carbons (Fsp3) is 0.829. The first-order valence-corrected chi connectivity index (χ1v) is 25.4. The summed E-state index contributed by atoms with van der Waals surface area (Å²) in [4.78, 5) is 90.8. The number of piperidine rings is 1. The Morgan fingerprint density at radius 3 is 2.39 bits per heavy atom. The lowest BCUT2D eigenvalue weighted by molar-refractivity contribution is -0.152. The van der Waals surface area contributed by atoms with Gasteiger partial charge in [0.1, 0.15) is 17.6 Å². The summed E-state index contributed by atoms with van der Waals surface area (Å²) in [5, 5.41) is 14.6. The summed E-state index contributed by atoms with van der Waals surface area (Å²) in [5.41, 5.74) is -0.250. The molecule has 2 aliphatic carbocycles. The first kappa shape index (κ1) is 48.3. The molecule has 6 rings (SSSR count). The van der Waals surface area contributed by atoms with Crippen LogP contribution >= 0.6 is 11.8 Å². The van der Waals surface area contributed by atoms with Crippen LogP contribution in [0.4, 0.5) is 0 Å². The predicted octanol–water partition coefficient (Wildman–Crippen LogP) is 0.123. The highest BCUT2D eigenvalue weighted by Gasteiger charge is 2.56. The van der Waals surface area contributed by atoms with E-state index in [1.54, 1.807) is 11.8 Å². The topological polar surface area (TPSA) is 248 Å². The van der Waals surface area contributed by atoms with Crippen molar-refractivity contribution in [1.29, 1.82) is 0 Å². The van der Waals surface area contributed by atoms with Crippen molar-refractivity contribution >= 4 is 63.1 Å². The second kappa shape index (κ2) is 23.1. The summed E-state index contributed by atoms with van der Waals surface area (Å²) in [6.45, 7) is 1.90. The first-order valence-electron chi connectivity index (χ1n) is 22.5. The number of hydrogen-bond donors (Lipinski definition) is 5. The average molecular weight is 912 g/mol. The Bertz CT molecular complexity index is 1730. The van der Waals surface area contributed by atoms with Gasteiger partial charge in [-0.3, -0.25) is 49.1 Å². The average Bonchev–Trinajstić information content (AvgIpc) is 4.00. The smallest absolute Gasteiger partial charge is 0.249 e. The molecule has 6 aliphatic rings. The second-order valence-corrected chi connectivity index (χ2v) is 20.5. The van der Waals surface area contributed by atoms with Crippen LogP contribution in [0.2, 0.25) is 0 Å². The Kier molecular flexibility index (Phi) is 18.0. The van der Waals surface area contributed by atoms with E-state index in [2.05, 4.69) is 26.6 Å². The quantitative estimate of drug-likeness (QED) is 0.0716. The second-order valence-electron chi connectivity index (χ2n) is 17.4. The maximum atomic E-state index is 13.5. The van der Waals surface area contributed by atoms with Gasteiger partial charge in [0.15, 0.2) is 0 Å². The fourth-order valence-corrected chi connectivity index (χ4v) is 11.7. The van der Waals surface area contributed by atoms with Gasteiger partial charge in [0.2, 0.25) is 51.4 Å².